The Balaban J connectivity index is 1.58. The van der Waals surface area contributed by atoms with Gasteiger partial charge in [-0.15, -0.1) is 0 Å². The van der Waals surface area contributed by atoms with Gasteiger partial charge < -0.3 is 10.2 Å². The van der Waals surface area contributed by atoms with Gasteiger partial charge in [0.05, 0.1) is 28.8 Å². The first kappa shape index (κ1) is 22.6. The lowest BCUT2D eigenvalue weighted by Gasteiger charge is -2.24. The Labute approximate surface area is 185 Å². The number of nitrogens with one attached hydrogen (secondary N) is 1. The Morgan fingerprint density at radius 2 is 1.81 bits per heavy atom. The van der Waals surface area contributed by atoms with Crippen LogP contribution in [0, 0.1) is 5.82 Å². The van der Waals surface area contributed by atoms with E-state index in [1.807, 2.05) is 0 Å². The molecule has 0 aliphatic carbocycles. The van der Waals surface area contributed by atoms with E-state index in [0.717, 1.165) is 12.1 Å². The lowest BCUT2D eigenvalue weighted by molar-refractivity contribution is -0.137. The predicted molar refractivity (Wildman–Crippen MR) is 115 cm³/mol. The number of thioether (sulfide) groups is 1. The Bertz CT molecular complexity index is 1170. The third-order valence-corrected chi connectivity index (χ3v) is 8.23. The number of hydrogen-bond acceptors (Lipinski definition) is 6. The van der Waals surface area contributed by atoms with Gasteiger partial charge in [-0.2, -0.15) is 13.2 Å². The molecule has 0 radical (unpaired) electrons. The van der Waals surface area contributed by atoms with Gasteiger partial charge in [-0.3, -0.25) is 9.79 Å². The number of benzene rings is 2. The number of amidine groups is 1. The van der Waals surface area contributed by atoms with Crippen LogP contribution in [0.2, 0.25) is 0 Å². The van der Waals surface area contributed by atoms with Crippen molar-refractivity contribution < 1.29 is 30.8 Å². The number of fused-ring (bicyclic) bond motifs is 1. The quantitative estimate of drug-likeness (QED) is 0.668. The molecule has 2 heterocycles. The molecule has 0 unspecified atom stereocenters. The maximum atomic E-state index is 13.4. The van der Waals surface area contributed by atoms with Crippen LogP contribution in [0.4, 0.5) is 28.9 Å². The van der Waals surface area contributed by atoms with E-state index in [1.54, 1.807) is 0 Å². The van der Waals surface area contributed by atoms with Crippen LogP contribution in [0.25, 0.3) is 0 Å². The van der Waals surface area contributed by atoms with Gasteiger partial charge in [0, 0.05) is 10.9 Å². The number of carbonyl (C=O) groups is 1. The number of amides is 1. The zero-order chi connectivity index (χ0) is 23.1. The standard InChI is InChI=1S/C20H17F4N3O3S2/c21-12-5-7-13(8-6-12)27(19-26-16-10-32(29,30)11-17(16)31-19)9-18(28)25-15-4-2-1-3-14(15)20(22,23)24/h1-8,16-17H,9-11H2,(H,25,28)/t16-,17+/m0/s1. The van der Waals surface area contributed by atoms with Crippen molar-refractivity contribution in [2.24, 2.45) is 4.99 Å². The fourth-order valence-corrected chi connectivity index (χ4v) is 7.31. The van der Waals surface area contributed by atoms with Crippen LogP contribution < -0.4 is 10.2 Å². The molecule has 170 valence electrons. The lowest BCUT2D eigenvalue weighted by atomic mass is 10.1. The van der Waals surface area contributed by atoms with Crippen molar-refractivity contribution in [2.75, 3.05) is 28.3 Å². The minimum Gasteiger partial charge on any atom is -0.324 e. The monoisotopic (exact) mass is 487 g/mol. The molecule has 1 N–H and O–H groups in total. The van der Waals surface area contributed by atoms with E-state index >= 15 is 0 Å². The first-order valence-electron chi connectivity index (χ1n) is 9.46. The molecule has 2 aliphatic rings. The van der Waals surface area contributed by atoms with Crippen LogP contribution in [0.15, 0.2) is 53.5 Å². The minimum atomic E-state index is -4.64. The number of alkyl halides is 3. The summed E-state index contributed by atoms with van der Waals surface area (Å²) in [4.78, 5) is 18.6. The fourth-order valence-electron chi connectivity index (χ4n) is 3.53. The summed E-state index contributed by atoms with van der Waals surface area (Å²) >= 11 is 1.19. The van der Waals surface area contributed by atoms with Crippen LogP contribution in [-0.2, 0) is 20.8 Å². The van der Waals surface area contributed by atoms with Crippen LogP contribution in [0.5, 0.6) is 0 Å². The highest BCUT2D eigenvalue weighted by atomic mass is 32.2. The molecule has 1 fully saturated rings. The normalized spacial score (nSPS) is 21.7. The number of carbonyl (C=O) groups excluding carboxylic acids is 1. The smallest absolute Gasteiger partial charge is 0.324 e. The number of anilines is 2. The van der Waals surface area contributed by atoms with Crippen molar-refractivity contribution >= 4 is 44.0 Å². The maximum absolute atomic E-state index is 13.4. The molecule has 0 aromatic heterocycles. The fraction of sp³-hybridized carbons (Fsp3) is 0.300. The molecule has 6 nitrogen and oxygen atoms in total. The minimum absolute atomic E-state index is 0.0439. The molecule has 12 heteroatoms. The topological polar surface area (TPSA) is 78.8 Å². The third kappa shape index (κ3) is 4.90. The number of nitrogens with zero attached hydrogens (tertiary/aromatic N) is 2. The highest BCUT2D eigenvalue weighted by Gasteiger charge is 2.44. The number of para-hydroxylation sites is 1. The molecule has 2 aromatic rings. The van der Waals surface area contributed by atoms with E-state index in [2.05, 4.69) is 10.3 Å². The molecule has 1 saturated heterocycles. The zero-order valence-electron chi connectivity index (χ0n) is 16.3. The van der Waals surface area contributed by atoms with E-state index in [1.165, 1.54) is 53.1 Å². The van der Waals surface area contributed by atoms with Gasteiger partial charge in [-0.25, -0.2) is 12.8 Å². The van der Waals surface area contributed by atoms with Crippen molar-refractivity contribution in [1.29, 1.82) is 0 Å². The molecular formula is C20H17F4N3O3S2. The number of halogens is 4. The zero-order valence-corrected chi connectivity index (χ0v) is 18.0. The van der Waals surface area contributed by atoms with Crippen molar-refractivity contribution in [1.82, 2.24) is 0 Å². The van der Waals surface area contributed by atoms with Crippen molar-refractivity contribution in [3.63, 3.8) is 0 Å². The first-order chi connectivity index (χ1) is 15.0. The van der Waals surface area contributed by atoms with E-state index < -0.39 is 45.9 Å². The summed E-state index contributed by atoms with van der Waals surface area (Å²) in [5.41, 5.74) is -0.957. The Morgan fingerprint density at radius 3 is 2.47 bits per heavy atom. The second-order valence-corrected chi connectivity index (χ2v) is 10.7. The summed E-state index contributed by atoms with van der Waals surface area (Å²) in [6.07, 6.45) is -4.64. The summed E-state index contributed by atoms with van der Waals surface area (Å²) in [7, 11) is -3.19. The second kappa shape index (κ2) is 8.39. The molecule has 1 amide bonds. The largest absolute Gasteiger partial charge is 0.418 e. The number of aliphatic imine (C=N–C) groups is 1. The number of hydrogen-bond donors (Lipinski definition) is 1. The van der Waals surface area contributed by atoms with E-state index in [0.29, 0.717) is 10.9 Å². The van der Waals surface area contributed by atoms with Gasteiger partial charge in [0.25, 0.3) is 0 Å². The summed E-state index contributed by atoms with van der Waals surface area (Å²) in [5.74, 6) is -1.38. The van der Waals surface area contributed by atoms with E-state index in [4.69, 9.17) is 0 Å². The van der Waals surface area contributed by atoms with Gasteiger partial charge in [-0.1, -0.05) is 23.9 Å². The van der Waals surface area contributed by atoms with Gasteiger partial charge >= 0.3 is 6.18 Å². The third-order valence-electron chi connectivity index (χ3n) is 4.98. The van der Waals surface area contributed by atoms with E-state index in [-0.39, 0.29) is 22.4 Å². The highest BCUT2D eigenvalue weighted by Crippen LogP contribution is 2.37. The van der Waals surface area contributed by atoms with Crippen LogP contribution in [0.3, 0.4) is 0 Å². The Morgan fingerprint density at radius 1 is 1.12 bits per heavy atom. The molecular weight excluding hydrogens is 470 g/mol. The number of rotatable bonds is 4. The van der Waals surface area contributed by atoms with Gasteiger partial charge in [0.1, 0.15) is 12.4 Å². The molecule has 2 aliphatic heterocycles. The van der Waals surface area contributed by atoms with Crippen molar-refractivity contribution in [3.8, 4) is 0 Å². The Hall–Kier alpha value is -2.60. The van der Waals surface area contributed by atoms with Crippen molar-refractivity contribution in [3.05, 3.63) is 59.9 Å². The summed E-state index contributed by atoms with van der Waals surface area (Å²) < 4.78 is 76.8. The summed E-state index contributed by atoms with van der Waals surface area (Å²) in [5, 5.41) is 2.34. The molecule has 0 bridgehead atoms. The second-order valence-electron chi connectivity index (χ2n) is 7.37. The average molecular weight is 488 g/mol. The molecule has 2 atom stereocenters. The summed E-state index contributed by atoms with van der Waals surface area (Å²) in [6, 6.07) is 9.36. The molecule has 2 aromatic carbocycles. The Kier molecular flexibility index (Phi) is 5.93. The predicted octanol–water partition coefficient (Wildman–Crippen LogP) is 3.56. The molecule has 4 rings (SSSR count). The van der Waals surface area contributed by atoms with Gasteiger partial charge in [0.2, 0.25) is 5.91 Å². The van der Waals surface area contributed by atoms with Crippen molar-refractivity contribution in [2.45, 2.75) is 17.5 Å². The average Bonchev–Trinajstić information content (AvgIpc) is 3.20. The van der Waals surface area contributed by atoms with Gasteiger partial charge in [0.15, 0.2) is 15.0 Å². The summed E-state index contributed by atoms with van der Waals surface area (Å²) in [6.45, 7) is -0.393. The molecule has 32 heavy (non-hydrogen) atoms. The van der Waals surface area contributed by atoms with Crippen LogP contribution >= 0.6 is 11.8 Å². The molecule has 0 saturated carbocycles. The van der Waals surface area contributed by atoms with Crippen LogP contribution in [-0.4, -0.2) is 48.8 Å². The SMILES string of the molecule is O=C(CN(C1=N[C@H]2CS(=O)(=O)C[C@H]2S1)c1ccc(F)cc1)Nc1ccccc1C(F)(F)F. The highest BCUT2D eigenvalue weighted by molar-refractivity contribution is 8.15. The van der Waals surface area contributed by atoms with E-state index in [9.17, 15) is 30.8 Å². The lowest BCUT2D eigenvalue weighted by Crippen LogP contribution is -2.37. The number of sulfone groups is 1. The van der Waals surface area contributed by atoms with Crippen LogP contribution in [0.1, 0.15) is 5.56 Å². The maximum Gasteiger partial charge on any atom is 0.418 e. The van der Waals surface area contributed by atoms with Gasteiger partial charge in [-0.05, 0) is 36.4 Å². The molecule has 0 spiro atoms. The first-order valence-corrected chi connectivity index (χ1v) is 12.2.